The van der Waals surface area contributed by atoms with Gasteiger partial charge in [-0.05, 0) is 32.1 Å². The van der Waals surface area contributed by atoms with Crippen LogP contribution in [-0.2, 0) is 0 Å². The van der Waals surface area contributed by atoms with Crippen molar-refractivity contribution in [2.24, 2.45) is 11.8 Å². The van der Waals surface area contributed by atoms with Gasteiger partial charge in [0.2, 0.25) is 0 Å². The molecule has 1 fully saturated rings. The van der Waals surface area contributed by atoms with Gasteiger partial charge in [-0.2, -0.15) is 0 Å². The summed E-state index contributed by atoms with van der Waals surface area (Å²) in [5.74, 6) is 3.87. The molecule has 0 aromatic heterocycles. The molecule has 0 saturated heterocycles. The Morgan fingerprint density at radius 2 is 2.27 bits per heavy atom. The Kier molecular flexibility index (Phi) is 4.02. The molecule has 3 heteroatoms. The molecule has 0 heterocycles. The Bertz CT molecular complexity index is 267. The van der Waals surface area contributed by atoms with Gasteiger partial charge in [-0.1, -0.05) is 12.8 Å². The number of nitrogens with zero attached hydrogens (tertiary/aromatic N) is 1. The monoisotopic (exact) mass is 208 g/mol. The quantitative estimate of drug-likeness (QED) is 0.701. The van der Waals surface area contributed by atoms with Crippen molar-refractivity contribution in [2.75, 3.05) is 13.1 Å². The van der Waals surface area contributed by atoms with E-state index in [2.05, 4.69) is 18.2 Å². The molecule has 1 saturated carbocycles. The Morgan fingerprint density at radius 1 is 1.67 bits per heavy atom. The first kappa shape index (κ1) is 11.9. The predicted molar refractivity (Wildman–Crippen MR) is 61.3 cm³/mol. The minimum absolute atomic E-state index is 0.0398. The summed E-state index contributed by atoms with van der Waals surface area (Å²) in [6.07, 6.45) is 6.35. The van der Waals surface area contributed by atoms with Crippen LogP contribution in [0.15, 0.2) is 0 Å². The summed E-state index contributed by atoms with van der Waals surface area (Å²) in [4.78, 5) is 13.6. The molecule has 0 aromatic carbocycles. The largest absolute Gasteiger partial charge is 0.327 e. The van der Waals surface area contributed by atoms with Crippen LogP contribution in [0.25, 0.3) is 0 Å². The Hall–Kier alpha value is -1.17. The number of hydrogen-bond donors (Lipinski definition) is 1. The molecule has 15 heavy (non-hydrogen) atoms. The van der Waals surface area contributed by atoms with Crippen molar-refractivity contribution >= 4 is 6.03 Å². The molecule has 1 aliphatic carbocycles. The molecule has 2 atom stereocenters. The van der Waals surface area contributed by atoms with Gasteiger partial charge < -0.3 is 10.2 Å². The standard InChI is InChI=1S/C12H20N2O/c1-5-6-13-12(15)14(9(2)3)8-11-7-10(11)4/h1,9-11H,6-8H2,2-4H3,(H,13,15)/t10-,11+/m1/s1. The van der Waals surface area contributed by atoms with E-state index in [0.29, 0.717) is 12.5 Å². The zero-order valence-electron chi connectivity index (χ0n) is 9.79. The molecule has 0 bridgehead atoms. The minimum atomic E-state index is -0.0398. The zero-order valence-corrected chi connectivity index (χ0v) is 9.79. The molecule has 0 aliphatic heterocycles. The van der Waals surface area contributed by atoms with E-state index in [1.54, 1.807) is 0 Å². The van der Waals surface area contributed by atoms with Crippen molar-refractivity contribution in [3.05, 3.63) is 0 Å². The van der Waals surface area contributed by atoms with E-state index < -0.39 is 0 Å². The summed E-state index contributed by atoms with van der Waals surface area (Å²) >= 11 is 0. The summed E-state index contributed by atoms with van der Waals surface area (Å²) in [7, 11) is 0. The van der Waals surface area contributed by atoms with Crippen LogP contribution >= 0.6 is 0 Å². The van der Waals surface area contributed by atoms with E-state index in [9.17, 15) is 4.79 Å². The van der Waals surface area contributed by atoms with Crippen LogP contribution in [0.2, 0.25) is 0 Å². The number of urea groups is 1. The van der Waals surface area contributed by atoms with Gasteiger partial charge in [0.15, 0.2) is 0 Å². The van der Waals surface area contributed by atoms with Crippen LogP contribution in [-0.4, -0.2) is 30.1 Å². The van der Waals surface area contributed by atoms with Crippen molar-refractivity contribution in [2.45, 2.75) is 33.2 Å². The average molecular weight is 208 g/mol. The van der Waals surface area contributed by atoms with Gasteiger partial charge >= 0.3 is 6.03 Å². The van der Waals surface area contributed by atoms with Gasteiger partial charge in [0, 0.05) is 12.6 Å². The van der Waals surface area contributed by atoms with E-state index in [0.717, 1.165) is 12.5 Å². The first-order chi connectivity index (χ1) is 7.06. The van der Waals surface area contributed by atoms with Crippen molar-refractivity contribution in [3.63, 3.8) is 0 Å². The number of terminal acetylenes is 1. The van der Waals surface area contributed by atoms with Gasteiger partial charge in [-0.15, -0.1) is 6.42 Å². The highest BCUT2D eigenvalue weighted by Gasteiger charge is 2.35. The van der Waals surface area contributed by atoms with Gasteiger partial charge in [-0.3, -0.25) is 0 Å². The van der Waals surface area contributed by atoms with Crippen molar-refractivity contribution in [3.8, 4) is 12.3 Å². The Labute approximate surface area is 92.2 Å². The third-order valence-corrected chi connectivity index (χ3v) is 2.93. The lowest BCUT2D eigenvalue weighted by Crippen LogP contribution is -2.45. The van der Waals surface area contributed by atoms with Crippen LogP contribution < -0.4 is 5.32 Å². The maximum atomic E-state index is 11.7. The van der Waals surface area contributed by atoms with Crippen molar-refractivity contribution < 1.29 is 4.79 Å². The lowest BCUT2D eigenvalue weighted by molar-refractivity contribution is 0.180. The predicted octanol–water partition coefficient (Wildman–Crippen LogP) is 1.70. The maximum absolute atomic E-state index is 11.7. The SMILES string of the molecule is C#CCNC(=O)N(C[C@@H]1C[C@H]1C)C(C)C. The van der Waals surface area contributed by atoms with E-state index in [1.165, 1.54) is 6.42 Å². The van der Waals surface area contributed by atoms with Gasteiger partial charge in [0.25, 0.3) is 0 Å². The normalized spacial score (nSPS) is 23.4. The second-order valence-electron chi connectivity index (χ2n) is 4.58. The van der Waals surface area contributed by atoms with Crippen LogP contribution in [0, 0.1) is 24.2 Å². The molecule has 0 spiro atoms. The Balaban J connectivity index is 2.42. The van der Waals surface area contributed by atoms with Crippen LogP contribution in [0.5, 0.6) is 0 Å². The second kappa shape index (κ2) is 5.06. The third-order valence-electron chi connectivity index (χ3n) is 2.93. The minimum Gasteiger partial charge on any atom is -0.327 e. The van der Waals surface area contributed by atoms with Crippen molar-refractivity contribution in [1.82, 2.24) is 10.2 Å². The fourth-order valence-corrected chi connectivity index (χ4v) is 1.66. The molecule has 0 aromatic rings. The highest BCUT2D eigenvalue weighted by molar-refractivity contribution is 5.74. The highest BCUT2D eigenvalue weighted by Crippen LogP contribution is 2.38. The lowest BCUT2D eigenvalue weighted by atomic mass is 10.2. The fourth-order valence-electron chi connectivity index (χ4n) is 1.66. The summed E-state index contributed by atoms with van der Waals surface area (Å²) in [6, 6.07) is 0.192. The van der Waals surface area contributed by atoms with E-state index >= 15 is 0 Å². The second-order valence-corrected chi connectivity index (χ2v) is 4.58. The summed E-state index contributed by atoms with van der Waals surface area (Å²) in [5, 5.41) is 2.71. The number of carbonyl (C=O) groups is 1. The number of amides is 2. The molecule has 0 unspecified atom stereocenters. The molecular weight excluding hydrogens is 188 g/mol. The first-order valence-corrected chi connectivity index (χ1v) is 5.54. The Morgan fingerprint density at radius 3 is 2.67 bits per heavy atom. The molecule has 3 nitrogen and oxygen atoms in total. The topological polar surface area (TPSA) is 32.3 Å². The number of rotatable bonds is 4. The van der Waals surface area contributed by atoms with Gasteiger partial charge in [-0.25, -0.2) is 4.79 Å². The molecule has 1 rings (SSSR count). The van der Waals surface area contributed by atoms with Crippen molar-refractivity contribution in [1.29, 1.82) is 0 Å². The molecule has 1 aliphatic rings. The molecule has 0 radical (unpaired) electrons. The molecular formula is C12H20N2O. The number of hydrogen-bond acceptors (Lipinski definition) is 1. The zero-order chi connectivity index (χ0) is 11.4. The summed E-state index contributed by atoms with van der Waals surface area (Å²) < 4.78 is 0. The highest BCUT2D eigenvalue weighted by atomic mass is 16.2. The van der Waals surface area contributed by atoms with E-state index in [4.69, 9.17) is 6.42 Å². The third kappa shape index (κ3) is 3.47. The maximum Gasteiger partial charge on any atom is 0.318 e. The van der Waals surface area contributed by atoms with Gasteiger partial charge in [0.05, 0.1) is 6.54 Å². The molecule has 84 valence electrons. The molecule has 1 N–H and O–H groups in total. The van der Waals surface area contributed by atoms with Gasteiger partial charge in [0.1, 0.15) is 0 Å². The van der Waals surface area contributed by atoms with Crippen LogP contribution in [0.4, 0.5) is 4.79 Å². The van der Waals surface area contributed by atoms with E-state index in [-0.39, 0.29) is 12.1 Å². The first-order valence-electron chi connectivity index (χ1n) is 5.54. The fraction of sp³-hybridized carbons (Fsp3) is 0.750. The lowest BCUT2D eigenvalue weighted by Gasteiger charge is -2.26. The number of nitrogens with one attached hydrogen (secondary N) is 1. The van der Waals surface area contributed by atoms with Crippen LogP contribution in [0.1, 0.15) is 27.2 Å². The summed E-state index contributed by atoms with van der Waals surface area (Å²) in [5.41, 5.74) is 0. The van der Waals surface area contributed by atoms with Crippen LogP contribution in [0.3, 0.4) is 0 Å². The summed E-state index contributed by atoms with van der Waals surface area (Å²) in [6.45, 7) is 7.45. The van der Waals surface area contributed by atoms with E-state index in [1.807, 2.05) is 18.7 Å². The molecule has 2 amide bonds. The number of carbonyl (C=O) groups excluding carboxylic acids is 1. The average Bonchev–Trinajstić information content (AvgIpc) is 2.86. The smallest absolute Gasteiger partial charge is 0.318 e.